The van der Waals surface area contributed by atoms with Crippen molar-refractivity contribution in [2.75, 3.05) is 26.2 Å². The molecule has 0 aliphatic rings. The van der Waals surface area contributed by atoms with Gasteiger partial charge < -0.3 is 4.48 Å². The minimum atomic E-state index is -6.45. The van der Waals surface area contributed by atoms with Gasteiger partial charge in [-0.15, -0.1) is 0 Å². The monoisotopic (exact) mass is 468 g/mol. The molecule has 0 amide bonds. The normalized spacial score (nSPS) is 13.8. The van der Waals surface area contributed by atoms with Gasteiger partial charge >= 0.3 is 27.5 Å². The largest absolute Gasteiger partial charge is 0.434 e. The third-order valence-electron chi connectivity index (χ3n) is 4.96. The molecule has 0 rings (SSSR count). The molecule has 29 heavy (non-hydrogen) atoms. The molecule has 0 N–H and O–H groups in total. The highest BCUT2D eigenvalue weighted by atomic mass is 32.2. The predicted octanol–water partition coefficient (Wildman–Crippen LogP) is 5.84. The highest BCUT2D eigenvalue weighted by Crippen LogP contribution is 2.43. The Morgan fingerprint density at radius 3 is 1.38 bits per heavy atom. The number of alkyl halides is 7. The lowest BCUT2D eigenvalue weighted by atomic mass is 10.1. The van der Waals surface area contributed by atoms with Gasteiger partial charge in [0.05, 0.1) is 26.2 Å². The maximum absolute atomic E-state index is 12.9. The third kappa shape index (κ3) is 9.77. The smallest absolute Gasteiger partial charge is 0.325 e. The van der Waals surface area contributed by atoms with E-state index in [0.717, 1.165) is 0 Å². The molecule has 0 spiro atoms. The second kappa shape index (κ2) is 12.2. The molecule has 0 fully saturated rings. The van der Waals surface area contributed by atoms with Crippen LogP contribution in [-0.2, 0) is 14.5 Å². The molecule has 0 atom stereocenters. The van der Waals surface area contributed by atoms with Gasteiger partial charge in [-0.05, 0) is 45.1 Å². The second-order valence-electron chi connectivity index (χ2n) is 6.52. The zero-order valence-electron chi connectivity index (χ0n) is 17.0. The minimum Gasteiger partial charge on any atom is -0.325 e. The molecule has 0 aliphatic carbocycles. The molecule has 0 heterocycles. The topological polar surface area (TPSA) is 43.4 Å². The summed E-state index contributed by atoms with van der Waals surface area (Å²) < 4.78 is 122. The molecule has 0 radical (unpaired) electrons. The summed E-state index contributed by atoms with van der Waals surface area (Å²) in [6.07, 6.45) is -9.33. The zero-order chi connectivity index (χ0) is 23.6. The standard InChI is InChI=1S/C8H10F8O3S.C8H20N/c9-6(10,8(14,15)20(17,18)19-16)4-2-1-3-5-7(11,12)13;1-5-9(6-2,7-3)8-4/h1-5H2;5-8H2,1-4H3/q;+1. The Labute approximate surface area is 166 Å². The van der Waals surface area contributed by atoms with Crippen LogP contribution in [0, 0.1) is 0 Å². The summed E-state index contributed by atoms with van der Waals surface area (Å²) in [5.74, 6) is -5.16. The van der Waals surface area contributed by atoms with E-state index in [1.165, 1.54) is 30.7 Å². The molecule has 0 bridgehead atoms. The Hall–Kier alpha value is -0.690. The summed E-state index contributed by atoms with van der Waals surface area (Å²) in [7, 11) is -6.45. The van der Waals surface area contributed by atoms with E-state index < -0.39 is 59.6 Å². The van der Waals surface area contributed by atoms with Crippen LogP contribution in [0.1, 0.15) is 59.8 Å². The predicted molar refractivity (Wildman–Crippen MR) is 92.6 cm³/mol. The number of nitrogens with zero attached hydrogens (tertiary/aromatic N) is 1. The lowest BCUT2D eigenvalue weighted by Crippen LogP contribution is -2.47. The van der Waals surface area contributed by atoms with Crippen LogP contribution in [0.5, 0.6) is 0 Å². The van der Waals surface area contributed by atoms with Crippen LogP contribution in [-0.4, -0.2) is 56.4 Å². The van der Waals surface area contributed by atoms with Gasteiger partial charge in [0, 0.05) is 12.8 Å². The van der Waals surface area contributed by atoms with Crippen LogP contribution in [0.4, 0.5) is 35.3 Å². The first-order valence-electron chi connectivity index (χ1n) is 9.23. The van der Waals surface area contributed by atoms with E-state index in [1.807, 2.05) is 4.39 Å². The average Bonchev–Trinajstić information content (AvgIpc) is 2.63. The summed E-state index contributed by atoms with van der Waals surface area (Å²) in [5, 5.41) is -5.81. The molecule has 4 nitrogen and oxygen atoms in total. The fourth-order valence-electron chi connectivity index (χ4n) is 2.56. The van der Waals surface area contributed by atoms with Crippen molar-refractivity contribution in [3.8, 4) is 0 Å². The minimum absolute atomic E-state index is 0.471. The van der Waals surface area contributed by atoms with E-state index in [-0.39, 0.29) is 0 Å². The third-order valence-corrected chi connectivity index (χ3v) is 6.05. The number of quaternary nitrogens is 1. The molecule has 0 aromatic heterocycles. The Balaban J connectivity index is 0. The van der Waals surface area contributed by atoms with Crippen molar-refractivity contribution in [3.63, 3.8) is 0 Å². The van der Waals surface area contributed by atoms with Gasteiger partial charge in [-0.2, -0.15) is 39.2 Å². The molecule has 0 saturated heterocycles. The van der Waals surface area contributed by atoms with Crippen molar-refractivity contribution in [1.29, 1.82) is 0 Å². The molecule has 178 valence electrons. The molecule has 0 saturated carbocycles. The summed E-state index contributed by atoms with van der Waals surface area (Å²) in [5.41, 5.74) is 0. The van der Waals surface area contributed by atoms with Crippen molar-refractivity contribution in [3.05, 3.63) is 0 Å². The Morgan fingerprint density at radius 1 is 0.724 bits per heavy atom. The quantitative estimate of drug-likeness (QED) is 0.205. The number of unbranched alkanes of at least 4 members (excludes halogenated alkanes) is 2. The van der Waals surface area contributed by atoms with Crippen molar-refractivity contribution in [1.82, 2.24) is 0 Å². The van der Waals surface area contributed by atoms with Crippen molar-refractivity contribution >= 4 is 10.1 Å². The fourth-order valence-corrected chi connectivity index (χ4v) is 3.11. The number of rotatable bonds is 12. The zero-order valence-corrected chi connectivity index (χ0v) is 17.8. The van der Waals surface area contributed by atoms with Crippen LogP contribution in [0.25, 0.3) is 0 Å². The van der Waals surface area contributed by atoms with Gasteiger partial charge in [-0.1, -0.05) is 10.8 Å². The molecule has 0 unspecified atom stereocenters. The van der Waals surface area contributed by atoms with E-state index >= 15 is 0 Å². The average molecular weight is 468 g/mol. The van der Waals surface area contributed by atoms with Gasteiger partial charge in [0.2, 0.25) is 0 Å². The van der Waals surface area contributed by atoms with Gasteiger partial charge in [-0.25, -0.2) is 0 Å². The van der Waals surface area contributed by atoms with E-state index in [4.69, 9.17) is 0 Å². The maximum Gasteiger partial charge on any atom is 0.434 e. The van der Waals surface area contributed by atoms with E-state index in [1.54, 1.807) is 0 Å². The Morgan fingerprint density at radius 2 is 1.10 bits per heavy atom. The maximum atomic E-state index is 12.9. The molecule has 0 aromatic carbocycles. The van der Waals surface area contributed by atoms with Crippen LogP contribution in [0.3, 0.4) is 0 Å². The summed E-state index contributed by atoms with van der Waals surface area (Å²) in [4.78, 5) is 0. The molecule has 0 aliphatic heterocycles. The number of hydrogen-bond acceptors (Lipinski definition) is 3. The summed E-state index contributed by atoms with van der Waals surface area (Å²) >= 11 is 0. The van der Waals surface area contributed by atoms with E-state index in [0.29, 0.717) is 0 Å². The number of halogens is 8. The van der Waals surface area contributed by atoms with Gasteiger partial charge in [0.25, 0.3) is 0 Å². The second-order valence-corrected chi connectivity index (χ2v) is 8.07. The Kier molecular flexibility index (Phi) is 12.9. The lowest BCUT2D eigenvalue weighted by Gasteiger charge is -2.34. The van der Waals surface area contributed by atoms with Gasteiger partial charge in [0.15, 0.2) is 0 Å². The molecular weight excluding hydrogens is 438 g/mol. The van der Waals surface area contributed by atoms with E-state index in [9.17, 15) is 43.7 Å². The van der Waals surface area contributed by atoms with Crippen LogP contribution in [0.2, 0.25) is 0 Å². The molecular formula is C16H30F8NO3S+. The first-order chi connectivity index (χ1) is 13.0. The van der Waals surface area contributed by atoms with E-state index in [2.05, 4.69) is 27.7 Å². The first kappa shape index (κ1) is 30.5. The van der Waals surface area contributed by atoms with Crippen molar-refractivity contribution in [2.45, 2.75) is 77.2 Å². The number of hydrogen-bond donors (Lipinski definition) is 0. The summed E-state index contributed by atoms with van der Waals surface area (Å²) in [6, 6.07) is 0. The van der Waals surface area contributed by atoms with Crippen LogP contribution >= 0.6 is 0 Å². The first-order valence-corrected chi connectivity index (χ1v) is 10.6. The highest BCUT2D eigenvalue weighted by Gasteiger charge is 2.66. The SMILES string of the molecule is CC[N+](CC)(CC)CC.O=S(=O)(OF)C(F)(F)C(F)(F)CCCCCC(F)(F)F. The van der Waals surface area contributed by atoms with Crippen molar-refractivity contribution < 1.29 is 52.5 Å². The summed E-state index contributed by atoms with van der Waals surface area (Å²) in [6.45, 7) is 14.2. The Bertz CT molecular complexity index is 531. The van der Waals surface area contributed by atoms with Crippen molar-refractivity contribution in [2.24, 2.45) is 0 Å². The fraction of sp³-hybridized carbons (Fsp3) is 1.00. The highest BCUT2D eigenvalue weighted by molar-refractivity contribution is 7.87. The van der Waals surface area contributed by atoms with Gasteiger partial charge in [0.1, 0.15) is 0 Å². The lowest BCUT2D eigenvalue weighted by molar-refractivity contribution is -0.921. The van der Waals surface area contributed by atoms with Crippen LogP contribution < -0.4 is 0 Å². The van der Waals surface area contributed by atoms with Crippen LogP contribution in [0.15, 0.2) is 0 Å². The molecule has 0 aromatic rings. The van der Waals surface area contributed by atoms with Gasteiger partial charge in [-0.3, -0.25) is 0 Å². The molecule has 13 heteroatoms.